The van der Waals surface area contributed by atoms with Crippen LogP contribution in [0.25, 0.3) is 0 Å². The van der Waals surface area contributed by atoms with Crippen LogP contribution in [0.3, 0.4) is 0 Å². The van der Waals surface area contributed by atoms with Crippen molar-refractivity contribution in [1.82, 2.24) is 9.80 Å². The lowest BCUT2D eigenvalue weighted by molar-refractivity contribution is 0.148. The SMILES string of the molecule is CN1CCN(Cc2ccccc2N(C)C)CC1. The maximum absolute atomic E-state index is 2.54. The van der Waals surface area contributed by atoms with Crippen molar-refractivity contribution in [3.8, 4) is 0 Å². The first-order valence-electron chi connectivity index (χ1n) is 6.33. The van der Waals surface area contributed by atoms with Gasteiger partial charge in [0.15, 0.2) is 0 Å². The first kappa shape index (κ1) is 12.4. The van der Waals surface area contributed by atoms with Gasteiger partial charge in [0.25, 0.3) is 0 Å². The van der Waals surface area contributed by atoms with E-state index in [2.05, 4.69) is 60.1 Å². The highest BCUT2D eigenvalue weighted by Crippen LogP contribution is 2.20. The Morgan fingerprint density at radius 3 is 2.35 bits per heavy atom. The average molecular weight is 233 g/mol. The van der Waals surface area contributed by atoms with E-state index in [-0.39, 0.29) is 0 Å². The molecule has 17 heavy (non-hydrogen) atoms. The molecule has 0 amide bonds. The highest BCUT2D eigenvalue weighted by molar-refractivity contribution is 5.52. The summed E-state index contributed by atoms with van der Waals surface area (Å²) < 4.78 is 0. The summed E-state index contributed by atoms with van der Waals surface area (Å²) in [5.41, 5.74) is 2.77. The second-order valence-electron chi connectivity index (χ2n) is 5.10. The van der Waals surface area contributed by atoms with Gasteiger partial charge in [0.1, 0.15) is 0 Å². The Labute approximate surface area is 105 Å². The van der Waals surface area contributed by atoms with E-state index in [0.29, 0.717) is 0 Å². The van der Waals surface area contributed by atoms with Crippen LogP contribution in [-0.2, 0) is 6.54 Å². The van der Waals surface area contributed by atoms with Gasteiger partial charge in [0.2, 0.25) is 0 Å². The zero-order valence-corrected chi connectivity index (χ0v) is 11.2. The molecule has 2 rings (SSSR count). The van der Waals surface area contributed by atoms with Crippen LogP contribution in [0.4, 0.5) is 5.69 Å². The number of piperazine rings is 1. The number of hydrogen-bond acceptors (Lipinski definition) is 3. The van der Waals surface area contributed by atoms with Crippen molar-refractivity contribution in [3.63, 3.8) is 0 Å². The number of benzene rings is 1. The molecule has 3 heteroatoms. The molecule has 0 spiro atoms. The van der Waals surface area contributed by atoms with Crippen molar-refractivity contribution in [2.45, 2.75) is 6.54 Å². The molecule has 0 bridgehead atoms. The fourth-order valence-electron chi connectivity index (χ4n) is 2.33. The molecule has 1 aromatic carbocycles. The minimum Gasteiger partial charge on any atom is -0.377 e. The Balaban J connectivity index is 2.03. The van der Waals surface area contributed by atoms with Gasteiger partial charge in [0.05, 0.1) is 0 Å². The maximum Gasteiger partial charge on any atom is 0.0406 e. The van der Waals surface area contributed by atoms with Crippen LogP contribution >= 0.6 is 0 Å². The van der Waals surface area contributed by atoms with E-state index in [1.807, 2.05) is 0 Å². The lowest BCUT2D eigenvalue weighted by atomic mass is 10.1. The summed E-state index contributed by atoms with van der Waals surface area (Å²) in [6, 6.07) is 8.69. The molecule has 0 aromatic heterocycles. The number of para-hydroxylation sites is 1. The van der Waals surface area contributed by atoms with Crippen molar-refractivity contribution >= 4 is 5.69 Å². The molecule has 1 heterocycles. The number of nitrogens with zero attached hydrogens (tertiary/aromatic N) is 3. The Kier molecular flexibility index (Phi) is 4.02. The number of rotatable bonds is 3. The first-order valence-corrected chi connectivity index (χ1v) is 6.33. The molecule has 0 aliphatic carbocycles. The lowest BCUT2D eigenvalue weighted by Crippen LogP contribution is -2.44. The summed E-state index contributed by atoms with van der Waals surface area (Å²) in [4.78, 5) is 7.14. The highest BCUT2D eigenvalue weighted by atomic mass is 15.2. The molecule has 0 atom stereocenters. The van der Waals surface area contributed by atoms with Crippen molar-refractivity contribution in [2.24, 2.45) is 0 Å². The predicted molar refractivity (Wildman–Crippen MR) is 73.5 cm³/mol. The molecular weight excluding hydrogens is 210 g/mol. The molecule has 1 aliphatic heterocycles. The van der Waals surface area contributed by atoms with E-state index in [0.717, 1.165) is 6.54 Å². The second-order valence-corrected chi connectivity index (χ2v) is 5.10. The summed E-state index contributed by atoms with van der Waals surface area (Å²) in [6.45, 7) is 5.80. The highest BCUT2D eigenvalue weighted by Gasteiger charge is 2.15. The number of anilines is 1. The molecule has 0 saturated carbocycles. The van der Waals surface area contributed by atoms with Crippen LogP contribution in [0.2, 0.25) is 0 Å². The van der Waals surface area contributed by atoms with Crippen LogP contribution in [-0.4, -0.2) is 57.1 Å². The van der Waals surface area contributed by atoms with Gasteiger partial charge in [-0.2, -0.15) is 0 Å². The van der Waals surface area contributed by atoms with E-state index in [1.54, 1.807) is 0 Å². The third-order valence-corrected chi connectivity index (χ3v) is 3.46. The zero-order valence-electron chi connectivity index (χ0n) is 11.2. The van der Waals surface area contributed by atoms with Crippen molar-refractivity contribution in [1.29, 1.82) is 0 Å². The monoisotopic (exact) mass is 233 g/mol. The van der Waals surface area contributed by atoms with Crippen molar-refractivity contribution < 1.29 is 0 Å². The van der Waals surface area contributed by atoms with Gasteiger partial charge < -0.3 is 9.80 Å². The third kappa shape index (κ3) is 3.20. The fourth-order valence-corrected chi connectivity index (χ4v) is 2.33. The standard InChI is InChI=1S/C14H23N3/c1-15(2)14-7-5-4-6-13(14)12-17-10-8-16(3)9-11-17/h4-7H,8-12H2,1-3H3. The quantitative estimate of drug-likeness (QED) is 0.783. The molecule has 0 unspecified atom stereocenters. The van der Waals surface area contributed by atoms with Crippen LogP contribution in [0.1, 0.15) is 5.56 Å². The minimum absolute atomic E-state index is 1.07. The fraction of sp³-hybridized carbons (Fsp3) is 0.571. The Morgan fingerprint density at radius 2 is 1.71 bits per heavy atom. The van der Waals surface area contributed by atoms with Gasteiger partial charge in [0, 0.05) is 52.5 Å². The molecule has 0 radical (unpaired) electrons. The van der Waals surface area contributed by atoms with Crippen LogP contribution in [0.5, 0.6) is 0 Å². The molecule has 1 fully saturated rings. The Hall–Kier alpha value is -1.06. The molecule has 1 saturated heterocycles. The minimum atomic E-state index is 1.07. The first-order chi connectivity index (χ1) is 8.16. The molecule has 1 aromatic rings. The molecular formula is C14H23N3. The van der Waals surface area contributed by atoms with E-state index < -0.39 is 0 Å². The molecule has 3 nitrogen and oxygen atoms in total. The van der Waals surface area contributed by atoms with Crippen molar-refractivity contribution in [3.05, 3.63) is 29.8 Å². The molecule has 1 aliphatic rings. The average Bonchev–Trinajstić information content (AvgIpc) is 2.32. The van der Waals surface area contributed by atoms with E-state index in [4.69, 9.17) is 0 Å². The van der Waals surface area contributed by atoms with Gasteiger partial charge in [-0.15, -0.1) is 0 Å². The maximum atomic E-state index is 2.54. The van der Waals surface area contributed by atoms with Gasteiger partial charge >= 0.3 is 0 Å². The van der Waals surface area contributed by atoms with E-state index in [9.17, 15) is 0 Å². The van der Waals surface area contributed by atoms with Crippen LogP contribution in [0.15, 0.2) is 24.3 Å². The number of hydrogen-bond donors (Lipinski definition) is 0. The van der Waals surface area contributed by atoms with E-state index in [1.165, 1.54) is 37.4 Å². The summed E-state index contributed by atoms with van der Waals surface area (Å²) in [7, 11) is 6.43. The summed E-state index contributed by atoms with van der Waals surface area (Å²) in [5.74, 6) is 0. The molecule has 0 N–H and O–H groups in total. The topological polar surface area (TPSA) is 9.72 Å². The summed E-state index contributed by atoms with van der Waals surface area (Å²) in [5, 5.41) is 0. The summed E-state index contributed by atoms with van der Waals surface area (Å²) in [6.07, 6.45) is 0. The largest absolute Gasteiger partial charge is 0.377 e. The lowest BCUT2D eigenvalue weighted by Gasteiger charge is -2.33. The van der Waals surface area contributed by atoms with E-state index >= 15 is 0 Å². The smallest absolute Gasteiger partial charge is 0.0406 e. The van der Waals surface area contributed by atoms with Gasteiger partial charge in [-0.3, -0.25) is 4.90 Å². The Morgan fingerprint density at radius 1 is 1.06 bits per heavy atom. The Bertz CT molecular complexity index is 354. The predicted octanol–water partition coefficient (Wildman–Crippen LogP) is 1.50. The normalized spacial score (nSPS) is 18.3. The second kappa shape index (κ2) is 5.52. The van der Waals surface area contributed by atoms with Crippen molar-refractivity contribution in [2.75, 3.05) is 52.2 Å². The third-order valence-electron chi connectivity index (χ3n) is 3.46. The van der Waals surface area contributed by atoms with Gasteiger partial charge in [-0.1, -0.05) is 18.2 Å². The zero-order chi connectivity index (χ0) is 12.3. The van der Waals surface area contributed by atoms with Crippen LogP contribution in [0, 0.1) is 0 Å². The molecule has 94 valence electrons. The number of likely N-dealkylation sites (N-methyl/N-ethyl adjacent to an activating group) is 1. The summed E-state index contributed by atoms with van der Waals surface area (Å²) >= 11 is 0. The van der Waals surface area contributed by atoms with Crippen LogP contribution < -0.4 is 4.90 Å². The van der Waals surface area contributed by atoms with Gasteiger partial charge in [-0.25, -0.2) is 0 Å². The van der Waals surface area contributed by atoms with Gasteiger partial charge in [-0.05, 0) is 18.7 Å².